The number of hydrogen-bond donors (Lipinski definition) is 0. The first kappa shape index (κ1) is 20.4. The summed E-state index contributed by atoms with van der Waals surface area (Å²) in [5, 5.41) is 1.50. The van der Waals surface area contributed by atoms with E-state index in [9.17, 15) is 0 Å². The Bertz CT molecular complexity index is 549. The molecule has 3 rings (SSSR count). The largest absolute Gasteiger partial charge is 4.00 e. The SMILES string of the molecule is C1=C[CH-]C2=c3cccc[c]3=[Bi][C]2=C1.[Cl-].[Cl-].[Cl-].[Zr+4]. The van der Waals surface area contributed by atoms with E-state index in [0.29, 0.717) is 0 Å². The van der Waals surface area contributed by atoms with Crippen molar-refractivity contribution in [3.05, 3.63) is 60.3 Å². The molecule has 2 aliphatic rings. The van der Waals surface area contributed by atoms with E-state index < -0.39 is 22.8 Å². The van der Waals surface area contributed by atoms with Crippen molar-refractivity contribution in [2.24, 2.45) is 0 Å². The maximum Gasteiger partial charge on any atom is 4.00 e. The van der Waals surface area contributed by atoms with Crippen molar-refractivity contribution >= 4 is 28.3 Å². The molecule has 1 aromatic rings. The van der Waals surface area contributed by atoms with Gasteiger partial charge in [0.25, 0.3) is 0 Å². The fourth-order valence-corrected chi connectivity index (χ4v) is 6.44. The Morgan fingerprint density at radius 2 is 1.71 bits per heavy atom. The third-order valence-electron chi connectivity index (χ3n) is 2.34. The summed E-state index contributed by atoms with van der Waals surface area (Å²) >= 11 is -0.539. The minimum Gasteiger partial charge on any atom is -1.00 e. The fraction of sp³-hybridized carbons (Fsp3) is 0. The van der Waals surface area contributed by atoms with E-state index in [4.69, 9.17) is 0 Å². The number of allylic oxidation sites excluding steroid dienone is 4. The molecule has 17 heavy (non-hydrogen) atoms. The van der Waals surface area contributed by atoms with Crippen molar-refractivity contribution in [3.8, 4) is 0 Å². The van der Waals surface area contributed by atoms with Crippen LogP contribution in [0.3, 0.4) is 0 Å². The molecule has 0 nitrogen and oxygen atoms in total. The minimum absolute atomic E-state index is 0. The first-order valence-corrected chi connectivity index (χ1v) is 7.83. The number of hydrogen-bond acceptors (Lipinski definition) is 0. The van der Waals surface area contributed by atoms with Crippen molar-refractivity contribution in [1.82, 2.24) is 0 Å². The Kier molecular flexibility index (Phi) is 10.9. The summed E-state index contributed by atoms with van der Waals surface area (Å²) < 4.78 is 3.28. The van der Waals surface area contributed by atoms with Crippen LogP contribution in [0.4, 0.5) is 0 Å². The zero-order valence-corrected chi connectivity index (χ0v) is 16.9. The molecule has 0 radical (unpaired) electrons. The Labute approximate surface area is 150 Å². The van der Waals surface area contributed by atoms with Crippen LogP contribution in [0, 0.1) is 9.27 Å². The summed E-state index contributed by atoms with van der Waals surface area (Å²) in [6, 6.07) is 8.85. The van der Waals surface area contributed by atoms with Gasteiger partial charge in [-0.3, -0.25) is 0 Å². The molecule has 0 fully saturated rings. The molecule has 1 heterocycles. The molecule has 0 unspecified atom stereocenters. The number of fused-ring (bicyclic) bond motifs is 2. The molecule has 1 aliphatic heterocycles. The van der Waals surface area contributed by atoms with Crippen LogP contribution in [-0.4, -0.2) is 22.8 Å². The van der Waals surface area contributed by atoms with E-state index in [2.05, 4.69) is 48.9 Å². The van der Waals surface area contributed by atoms with Gasteiger partial charge in [-0.05, 0) is 0 Å². The number of halogens is 3. The normalized spacial score (nSPS) is 12.9. The maximum atomic E-state index is 2.30. The van der Waals surface area contributed by atoms with E-state index in [0.717, 1.165) is 0 Å². The molecule has 1 aliphatic carbocycles. The zero-order chi connectivity index (χ0) is 8.67. The second-order valence-corrected chi connectivity index (χ2v) is 7.76. The molecule has 0 amide bonds. The van der Waals surface area contributed by atoms with Gasteiger partial charge in [0.15, 0.2) is 0 Å². The van der Waals surface area contributed by atoms with E-state index >= 15 is 0 Å². The third kappa shape index (κ3) is 4.02. The van der Waals surface area contributed by atoms with Gasteiger partial charge in [0.1, 0.15) is 0 Å². The Morgan fingerprint density at radius 3 is 2.47 bits per heavy atom. The van der Waals surface area contributed by atoms with Crippen molar-refractivity contribution in [3.63, 3.8) is 0 Å². The van der Waals surface area contributed by atoms with Gasteiger partial charge in [0, 0.05) is 0 Å². The molecular formula is C12H8BiCl3Zr. The molecular weight excluding hydrogens is 551 g/mol. The predicted molar refractivity (Wildman–Crippen MR) is 55.6 cm³/mol. The third-order valence-corrected chi connectivity index (χ3v) is 7.24. The molecule has 5 heteroatoms. The Morgan fingerprint density at radius 1 is 1.00 bits per heavy atom. The second kappa shape index (κ2) is 9.06. The van der Waals surface area contributed by atoms with Crippen LogP contribution < -0.4 is 42.4 Å². The molecule has 1 aromatic carbocycles. The van der Waals surface area contributed by atoms with Gasteiger partial charge in [0.2, 0.25) is 0 Å². The van der Waals surface area contributed by atoms with Crippen LogP contribution >= 0.6 is 0 Å². The summed E-state index contributed by atoms with van der Waals surface area (Å²) in [4.78, 5) is 0. The monoisotopic (exact) mass is 556 g/mol. The van der Waals surface area contributed by atoms with Crippen molar-refractivity contribution in [1.29, 1.82) is 0 Å². The van der Waals surface area contributed by atoms with Crippen LogP contribution in [-0.2, 0) is 26.2 Å². The smallest absolute Gasteiger partial charge is 1.00 e. The average Bonchev–Trinajstić information content (AvgIpc) is 2.56. The van der Waals surface area contributed by atoms with Crippen LogP contribution in [0.5, 0.6) is 0 Å². The van der Waals surface area contributed by atoms with Crippen molar-refractivity contribution in [2.45, 2.75) is 0 Å². The zero-order valence-electron chi connectivity index (χ0n) is 8.70. The molecule has 0 aromatic heterocycles. The van der Waals surface area contributed by atoms with Gasteiger partial charge in [0.05, 0.1) is 0 Å². The van der Waals surface area contributed by atoms with Crippen LogP contribution in [0.25, 0.3) is 5.57 Å². The molecule has 0 atom stereocenters. The summed E-state index contributed by atoms with van der Waals surface area (Å²) in [6.07, 6.45) is 8.85. The Balaban J connectivity index is 0. The van der Waals surface area contributed by atoms with Crippen molar-refractivity contribution in [2.75, 3.05) is 0 Å². The van der Waals surface area contributed by atoms with Gasteiger partial charge in [-0.25, -0.2) is 0 Å². The maximum absolute atomic E-state index is 2.30. The van der Waals surface area contributed by atoms with Gasteiger partial charge in [-0.15, -0.1) is 0 Å². The van der Waals surface area contributed by atoms with E-state index in [-0.39, 0.29) is 63.4 Å². The van der Waals surface area contributed by atoms with E-state index in [1.54, 1.807) is 6.13 Å². The summed E-state index contributed by atoms with van der Waals surface area (Å²) in [7, 11) is 0. The molecule has 0 saturated heterocycles. The molecule has 0 spiro atoms. The fourth-order valence-electron chi connectivity index (χ4n) is 1.73. The molecule has 86 valence electrons. The minimum atomic E-state index is -0.539. The standard InChI is InChI=1S/C12H8.Bi.3ClH.Zr/c1-3-7-11(8-4-1)12-9-5-2-6-10-12;;;;;/h1-7,9H;;3*1H;/q-1;;;;;+4/p-3. The van der Waals surface area contributed by atoms with E-state index in [1.165, 1.54) is 10.8 Å². The first-order valence-electron chi connectivity index (χ1n) is 4.35. The summed E-state index contributed by atoms with van der Waals surface area (Å²) in [5.41, 5.74) is 1.50. The quantitative estimate of drug-likeness (QED) is 0.219. The van der Waals surface area contributed by atoms with Gasteiger partial charge in [-0.2, -0.15) is 0 Å². The molecule has 0 bridgehead atoms. The van der Waals surface area contributed by atoms with Crippen LogP contribution in [0.15, 0.2) is 45.8 Å². The van der Waals surface area contributed by atoms with Gasteiger partial charge >= 0.3 is 115 Å². The van der Waals surface area contributed by atoms with Crippen molar-refractivity contribution < 1.29 is 63.4 Å². The molecule has 0 N–H and O–H groups in total. The van der Waals surface area contributed by atoms with E-state index in [1.807, 2.05) is 0 Å². The molecule has 0 saturated carbocycles. The topological polar surface area (TPSA) is 0 Å². The van der Waals surface area contributed by atoms with Gasteiger partial charge < -0.3 is 37.2 Å². The number of rotatable bonds is 0. The first-order chi connectivity index (χ1) is 6.45. The summed E-state index contributed by atoms with van der Waals surface area (Å²) in [5.74, 6) is 0. The van der Waals surface area contributed by atoms with Crippen LogP contribution in [0.1, 0.15) is 0 Å². The average molecular weight is 559 g/mol. The predicted octanol–water partition coefficient (Wildman–Crippen LogP) is -7.53. The number of benzene rings is 1. The summed E-state index contributed by atoms with van der Waals surface area (Å²) in [6.45, 7) is 0. The van der Waals surface area contributed by atoms with Crippen LogP contribution in [0.2, 0.25) is 0 Å². The van der Waals surface area contributed by atoms with Gasteiger partial charge in [-0.1, -0.05) is 0 Å². The second-order valence-electron chi connectivity index (χ2n) is 3.15. The Hall–Kier alpha value is 1.08.